The largest absolute Gasteiger partial charge is 0.497 e. The van der Waals surface area contributed by atoms with Crippen molar-refractivity contribution >= 4 is 22.5 Å². The molecule has 3 rings (SSSR count). The monoisotopic (exact) mass is 352 g/mol. The predicted molar refractivity (Wildman–Crippen MR) is 94.6 cm³/mol. The van der Waals surface area contributed by atoms with Gasteiger partial charge in [0.25, 0.3) is 5.56 Å². The number of benzene rings is 2. The van der Waals surface area contributed by atoms with Crippen molar-refractivity contribution in [3.63, 3.8) is 0 Å². The van der Waals surface area contributed by atoms with E-state index in [4.69, 9.17) is 9.47 Å². The molecule has 0 saturated heterocycles. The molecule has 132 valence electrons. The normalized spacial score (nSPS) is 11.8. The summed E-state index contributed by atoms with van der Waals surface area (Å²) in [5, 5.41) is 6.73. The number of carbonyl (C=O) groups is 2. The van der Waals surface area contributed by atoms with Crippen molar-refractivity contribution in [2.24, 2.45) is 0 Å². The van der Waals surface area contributed by atoms with Gasteiger partial charge in [-0.2, -0.15) is 5.10 Å². The molecule has 0 bridgehead atoms. The summed E-state index contributed by atoms with van der Waals surface area (Å²) in [6.45, 7) is 1.48. The minimum Gasteiger partial charge on any atom is -0.497 e. The standard InChI is InChI=1S/C19H16N2O5/c1-11(17(22)12-7-9-13(25-2)10-8-12)26-19(24)16-14-5-3-4-6-15(14)18(23)21-20-16/h3-11H,1-2H3,(H,21,23). The lowest BCUT2D eigenvalue weighted by Gasteiger charge is -2.13. The first-order valence-corrected chi connectivity index (χ1v) is 7.88. The van der Waals surface area contributed by atoms with Gasteiger partial charge in [-0.25, -0.2) is 9.89 Å². The second-order valence-corrected chi connectivity index (χ2v) is 5.59. The second kappa shape index (κ2) is 7.18. The number of rotatable bonds is 5. The average Bonchev–Trinajstić information content (AvgIpc) is 2.67. The third-order valence-electron chi connectivity index (χ3n) is 3.92. The highest BCUT2D eigenvalue weighted by molar-refractivity contribution is 6.05. The highest BCUT2D eigenvalue weighted by atomic mass is 16.5. The van der Waals surface area contributed by atoms with Gasteiger partial charge >= 0.3 is 5.97 Å². The molecule has 3 aromatic rings. The Kier molecular flexibility index (Phi) is 4.79. The number of hydrogen-bond acceptors (Lipinski definition) is 6. The number of aromatic amines is 1. The van der Waals surface area contributed by atoms with Gasteiger partial charge in [-0.15, -0.1) is 0 Å². The molecule has 0 aliphatic rings. The second-order valence-electron chi connectivity index (χ2n) is 5.59. The number of nitrogens with one attached hydrogen (secondary N) is 1. The zero-order chi connectivity index (χ0) is 18.7. The first-order chi connectivity index (χ1) is 12.5. The van der Waals surface area contributed by atoms with Gasteiger partial charge in [-0.3, -0.25) is 9.59 Å². The molecule has 2 aromatic carbocycles. The minimum absolute atomic E-state index is 0.0467. The van der Waals surface area contributed by atoms with Gasteiger partial charge in [0.2, 0.25) is 5.78 Å². The molecule has 0 amide bonds. The smallest absolute Gasteiger partial charge is 0.360 e. The molecule has 0 aliphatic carbocycles. The van der Waals surface area contributed by atoms with Gasteiger partial charge in [-0.1, -0.05) is 18.2 Å². The first kappa shape index (κ1) is 17.3. The Hall–Kier alpha value is -3.48. The number of carbonyl (C=O) groups excluding carboxylic acids is 2. The molecule has 1 N–H and O–H groups in total. The summed E-state index contributed by atoms with van der Waals surface area (Å²) in [4.78, 5) is 36.7. The van der Waals surface area contributed by atoms with E-state index in [-0.39, 0.29) is 11.5 Å². The van der Waals surface area contributed by atoms with Crippen molar-refractivity contribution in [3.8, 4) is 5.75 Å². The molecular formula is C19H16N2O5. The maximum Gasteiger partial charge on any atom is 0.360 e. The summed E-state index contributed by atoms with van der Waals surface area (Å²) in [7, 11) is 1.53. The van der Waals surface area contributed by atoms with Crippen LogP contribution in [0.4, 0.5) is 0 Å². The molecule has 0 spiro atoms. The van der Waals surface area contributed by atoms with Gasteiger partial charge in [-0.05, 0) is 37.3 Å². The van der Waals surface area contributed by atoms with Crippen LogP contribution in [-0.4, -0.2) is 35.2 Å². The number of nitrogens with zero attached hydrogens (tertiary/aromatic N) is 1. The van der Waals surface area contributed by atoms with Crippen LogP contribution in [0.2, 0.25) is 0 Å². The highest BCUT2D eigenvalue weighted by Gasteiger charge is 2.23. The molecule has 0 saturated carbocycles. The van der Waals surface area contributed by atoms with E-state index in [2.05, 4.69) is 10.2 Å². The van der Waals surface area contributed by atoms with Crippen LogP contribution in [0.5, 0.6) is 5.75 Å². The third-order valence-corrected chi connectivity index (χ3v) is 3.92. The van der Waals surface area contributed by atoms with E-state index in [0.717, 1.165) is 0 Å². The van der Waals surface area contributed by atoms with Crippen molar-refractivity contribution in [3.05, 3.63) is 70.1 Å². The molecule has 26 heavy (non-hydrogen) atoms. The Morgan fingerprint density at radius 3 is 2.35 bits per heavy atom. The molecule has 0 radical (unpaired) electrons. The fourth-order valence-electron chi connectivity index (χ4n) is 2.53. The molecular weight excluding hydrogens is 336 g/mol. The van der Waals surface area contributed by atoms with Crippen LogP contribution in [0.3, 0.4) is 0 Å². The lowest BCUT2D eigenvalue weighted by molar-refractivity contribution is 0.0314. The number of aromatic nitrogens is 2. The number of esters is 1. The number of Topliss-reactive ketones (excluding diaryl/α,β-unsaturated/α-hetero) is 1. The van der Waals surface area contributed by atoms with Gasteiger partial charge in [0, 0.05) is 10.9 Å². The van der Waals surface area contributed by atoms with Crippen molar-refractivity contribution < 1.29 is 19.1 Å². The molecule has 0 fully saturated rings. The summed E-state index contributed by atoms with van der Waals surface area (Å²) in [6, 6.07) is 13.0. The van der Waals surface area contributed by atoms with Crippen LogP contribution in [0.25, 0.3) is 10.8 Å². The summed E-state index contributed by atoms with van der Waals surface area (Å²) in [5.74, 6) is -0.517. The van der Waals surface area contributed by atoms with Crippen LogP contribution in [0, 0.1) is 0 Å². The Balaban J connectivity index is 1.82. The van der Waals surface area contributed by atoms with E-state index in [0.29, 0.717) is 22.1 Å². The fourth-order valence-corrected chi connectivity index (χ4v) is 2.53. The maximum absolute atomic E-state index is 12.4. The van der Waals surface area contributed by atoms with E-state index >= 15 is 0 Å². The Morgan fingerprint density at radius 1 is 1.04 bits per heavy atom. The van der Waals surface area contributed by atoms with Crippen molar-refractivity contribution in [1.82, 2.24) is 10.2 Å². The zero-order valence-electron chi connectivity index (χ0n) is 14.2. The topological polar surface area (TPSA) is 98.3 Å². The van der Waals surface area contributed by atoms with E-state index < -0.39 is 17.6 Å². The third kappa shape index (κ3) is 3.32. The van der Waals surface area contributed by atoms with Gasteiger partial charge in [0.05, 0.1) is 12.5 Å². The number of H-pyrrole nitrogens is 1. The lowest BCUT2D eigenvalue weighted by atomic mass is 10.1. The summed E-state index contributed by atoms with van der Waals surface area (Å²) in [5.41, 5.74) is -0.0560. The van der Waals surface area contributed by atoms with Gasteiger partial charge in [0.15, 0.2) is 11.8 Å². The van der Waals surface area contributed by atoms with E-state index in [9.17, 15) is 14.4 Å². The summed E-state index contributed by atoms with van der Waals surface area (Å²) in [6.07, 6.45) is -1.01. The van der Waals surface area contributed by atoms with E-state index in [1.54, 1.807) is 48.5 Å². The number of methoxy groups -OCH3 is 1. The molecule has 1 unspecified atom stereocenters. The SMILES string of the molecule is COc1ccc(C(=O)C(C)OC(=O)c2n[nH]c(=O)c3ccccc23)cc1. The highest BCUT2D eigenvalue weighted by Crippen LogP contribution is 2.17. The quantitative estimate of drug-likeness (QED) is 0.559. The average molecular weight is 352 g/mol. The number of ether oxygens (including phenoxy) is 2. The van der Waals surface area contributed by atoms with E-state index in [1.165, 1.54) is 14.0 Å². The Morgan fingerprint density at radius 2 is 1.69 bits per heavy atom. The van der Waals surface area contributed by atoms with Crippen LogP contribution >= 0.6 is 0 Å². The lowest BCUT2D eigenvalue weighted by Crippen LogP contribution is -2.26. The van der Waals surface area contributed by atoms with Crippen molar-refractivity contribution in [2.45, 2.75) is 13.0 Å². The van der Waals surface area contributed by atoms with Crippen LogP contribution in [0.15, 0.2) is 53.3 Å². The molecule has 7 nitrogen and oxygen atoms in total. The van der Waals surface area contributed by atoms with Gasteiger partial charge in [0.1, 0.15) is 5.75 Å². The molecule has 1 atom stereocenters. The molecule has 0 aliphatic heterocycles. The van der Waals surface area contributed by atoms with Crippen LogP contribution in [-0.2, 0) is 4.74 Å². The molecule has 1 heterocycles. The van der Waals surface area contributed by atoms with Crippen LogP contribution < -0.4 is 10.3 Å². The Labute approximate surface area is 148 Å². The van der Waals surface area contributed by atoms with Crippen molar-refractivity contribution in [2.75, 3.05) is 7.11 Å². The maximum atomic E-state index is 12.4. The minimum atomic E-state index is -1.01. The molecule has 7 heteroatoms. The number of ketones is 1. The zero-order valence-corrected chi connectivity index (χ0v) is 14.2. The fraction of sp³-hybridized carbons (Fsp3) is 0.158. The van der Waals surface area contributed by atoms with Gasteiger partial charge < -0.3 is 9.47 Å². The number of fused-ring (bicyclic) bond motifs is 1. The summed E-state index contributed by atoms with van der Waals surface area (Å²) >= 11 is 0. The van der Waals surface area contributed by atoms with E-state index in [1.807, 2.05) is 0 Å². The molecule has 1 aromatic heterocycles. The van der Waals surface area contributed by atoms with Crippen LogP contribution in [0.1, 0.15) is 27.8 Å². The predicted octanol–water partition coefficient (Wildman–Crippen LogP) is 2.36. The first-order valence-electron chi connectivity index (χ1n) is 7.88. The Bertz CT molecular complexity index is 1020. The summed E-state index contributed by atoms with van der Waals surface area (Å²) < 4.78 is 10.3. The van der Waals surface area contributed by atoms with Crippen molar-refractivity contribution in [1.29, 1.82) is 0 Å². The number of hydrogen-bond donors (Lipinski definition) is 1.